The van der Waals surface area contributed by atoms with Crippen molar-refractivity contribution in [1.29, 1.82) is 0 Å². The molecule has 5 rings (SSSR count). The summed E-state index contributed by atoms with van der Waals surface area (Å²) in [4.78, 5) is 12.1. The number of ether oxygens (including phenoxy) is 1. The quantitative estimate of drug-likeness (QED) is 0.718. The minimum absolute atomic E-state index is 0.160. The second-order valence-electron chi connectivity index (χ2n) is 7.49. The van der Waals surface area contributed by atoms with E-state index in [1.807, 2.05) is 24.1 Å². The van der Waals surface area contributed by atoms with Gasteiger partial charge in [0.1, 0.15) is 5.82 Å². The summed E-state index contributed by atoms with van der Waals surface area (Å²) in [5, 5.41) is 5.49. The number of hydrazine groups is 1. The molecule has 3 aromatic heterocycles. The van der Waals surface area contributed by atoms with Gasteiger partial charge in [0, 0.05) is 43.5 Å². The Balaban J connectivity index is 1.74. The highest BCUT2D eigenvalue weighted by molar-refractivity contribution is 5.96. The molecule has 0 aromatic carbocycles. The topological polar surface area (TPSA) is 80.1 Å². The maximum absolute atomic E-state index is 5.63. The van der Waals surface area contributed by atoms with Crippen LogP contribution in [0.2, 0.25) is 0 Å². The lowest BCUT2D eigenvalue weighted by Gasteiger charge is -2.34. The zero-order valence-electron chi connectivity index (χ0n) is 16.2. The second kappa shape index (κ2) is 7.12. The fourth-order valence-corrected chi connectivity index (χ4v) is 4.17. The van der Waals surface area contributed by atoms with E-state index in [1.54, 1.807) is 0 Å². The number of hydrogen-bond acceptors (Lipinski definition) is 7. The molecule has 0 amide bonds. The van der Waals surface area contributed by atoms with Gasteiger partial charge in [0.25, 0.3) is 0 Å². The van der Waals surface area contributed by atoms with Gasteiger partial charge >= 0.3 is 0 Å². The highest BCUT2D eigenvalue weighted by Crippen LogP contribution is 2.35. The smallest absolute Gasteiger partial charge is 0.130 e. The summed E-state index contributed by atoms with van der Waals surface area (Å²) in [6.45, 7) is 5.39. The number of aryl methyl sites for hydroxylation is 1. The molecule has 5 heterocycles. The number of nitrogens with one attached hydrogen (secondary N) is 2. The fourth-order valence-electron chi connectivity index (χ4n) is 4.17. The summed E-state index contributed by atoms with van der Waals surface area (Å²) < 4.78 is 7.55. The Bertz CT molecular complexity index is 995. The number of pyridine rings is 2. The minimum atomic E-state index is 0.160. The van der Waals surface area contributed by atoms with Crippen LogP contribution in [0.5, 0.6) is 0 Å². The molecule has 28 heavy (non-hydrogen) atoms. The predicted octanol–water partition coefficient (Wildman–Crippen LogP) is 1.79. The van der Waals surface area contributed by atoms with Crippen LogP contribution in [0.3, 0.4) is 0 Å². The van der Waals surface area contributed by atoms with Gasteiger partial charge in [-0.15, -0.1) is 0 Å². The van der Waals surface area contributed by atoms with Gasteiger partial charge in [0.2, 0.25) is 0 Å². The number of aromatic nitrogens is 4. The average Bonchev–Trinajstić information content (AvgIpc) is 3.39. The molecule has 8 nitrogen and oxygen atoms in total. The van der Waals surface area contributed by atoms with Crippen LogP contribution in [0, 0.1) is 0 Å². The van der Waals surface area contributed by atoms with Crippen LogP contribution < -0.4 is 15.8 Å². The van der Waals surface area contributed by atoms with E-state index in [1.165, 1.54) is 0 Å². The van der Waals surface area contributed by atoms with E-state index in [2.05, 4.69) is 46.0 Å². The van der Waals surface area contributed by atoms with Crippen LogP contribution in [0.4, 0.5) is 5.82 Å². The van der Waals surface area contributed by atoms with Crippen molar-refractivity contribution in [3.8, 4) is 11.3 Å². The van der Waals surface area contributed by atoms with Gasteiger partial charge in [-0.3, -0.25) is 15.1 Å². The average molecular weight is 379 g/mol. The molecule has 0 aliphatic carbocycles. The molecule has 2 aliphatic heterocycles. The lowest BCUT2D eigenvalue weighted by molar-refractivity contribution is 0.0986. The Morgan fingerprint density at radius 1 is 1.25 bits per heavy atom. The molecule has 2 saturated heterocycles. The maximum atomic E-state index is 5.63. The van der Waals surface area contributed by atoms with Crippen molar-refractivity contribution in [1.82, 2.24) is 30.6 Å². The summed E-state index contributed by atoms with van der Waals surface area (Å²) in [5.74, 6) is 0.972. The first-order chi connectivity index (χ1) is 13.7. The van der Waals surface area contributed by atoms with Crippen molar-refractivity contribution in [2.24, 2.45) is 7.05 Å². The first-order valence-corrected chi connectivity index (χ1v) is 9.83. The molecule has 1 unspecified atom stereocenters. The number of anilines is 1. The first kappa shape index (κ1) is 17.5. The van der Waals surface area contributed by atoms with E-state index < -0.39 is 0 Å². The van der Waals surface area contributed by atoms with Crippen molar-refractivity contribution >= 4 is 16.7 Å². The van der Waals surface area contributed by atoms with Crippen molar-refractivity contribution in [3.63, 3.8) is 0 Å². The monoisotopic (exact) mass is 379 g/mol. The number of morpholine rings is 1. The van der Waals surface area contributed by atoms with Crippen LogP contribution in [-0.2, 0) is 11.8 Å². The van der Waals surface area contributed by atoms with Crippen LogP contribution >= 0.6 is 0 Å². The molecule has 0 saturated carbocycles. The molecule has 0 bridgehead atoms. The van der Waals surface area contributed by atoms with Gasteiger partial charge in [-0.05, 0) is 31.5 Å². The summed E-state index contributed by atoms with van der Waals surface area (Å²) >= 11 is 0. The SMILES string of the molecule is C[C@@H]1COCCN1c1cc(-c2ccnn2C)c2ccnc(C3CCNN3)c2n1. The Morgan fingerprint density at radius 2 is 2.18 bits per heavy atom. The highest BCUT2D eigenvalue weighted by atomic mass is 16.5. The fraction of sp³-hybridized carbons (Fsp3) is 0.450. The summed E-state index contributed by atoms with van der Waals surface area (Å²) in [6, 6.07) is 6.74. The van der Waals surface area contributed by atoms with Gasteiger partial charge in [-0.25, -0.2) is 10.4 Å². The third-order valence-corrected chi connectivity index (χ3v) is 5.67. The van der Waals surface area contributed by atoms with Crippen molar-refractivity contribution in [2.75, 3.05) is 31.2 Å². The van der Waals surface area contributed by atoms with E-state index in [9.17, 15) is 0 Å². The lowest BCUT2D eigenvalue weighted by atomic mass is 10.0. The lowest BCUT2D eigenvalue weighted by Crippen LogP contribution is -2.44. The van der Waals surface area contributed by atoms with Gasteiger partial charge in [-0.2, -0.15) is 5.10 Å². The molecular formula is C20H25N7O. The highest BCUT2D eigenvalue weighted by Gasteiger charge is 2.25. The molecular weight excluding hydrogens is 354 g/mol. The summed E-state index contributed by atoms with van der Waals surface area (Å²) in [6.07, 6.45) is 4.71. The normalized spacial score (nSPS) is 22.9. The van der Waals surface area contributed by atoms with Crippen molar-refractivity contribution in [2.45, 2.75) is 25.4 Å². The van der Waals surface area contributed by atoms with E-state index in [0.29, 0.717) is 0 Å². The maximum Gasteiger partial charge on any atom is 0.130 e. The molecule has 146 valence electrons. The summed E-state index contributed by atoms with van der Waals surface area (Å²) in [5.41, 5.74) is 10.7. The molecule has 2 N–H and O–H groups in total. The Morgan fingerprint density at radius 3 is 2.93 bits per heavy atom. The first-order valence-electron chi connectivity index (χ1n) is 9.83. The number of nitrogens with zero attached hydrogens (tertiary/aromatic N) is 5. The zero-order chi connectivity index (χ0) is 19.1. The largest absolute Gasteiger partial charge is 0.377 e. The standard InChI is InChI=1S/C20H25N7O/c1-13-12-28-10-9-27(13)18-11-15(17-5-8-23-26(17)2)14-3-6-21-20(19(14)24-18)16-4-7-22-25-16/h3,5-6,8,11,13,16,22,25H,4,7,9-10,12H2,1-2H3/t13-,16?/m1/s1. The molecule has 2 aliphatic rings. The molecule has 0 spiro atoms. The molecule has 2 fully saturated rings. The number of fused-ring (bicyclic) bond motifs is 1. The molecule has 8 heteroatoms. The minimum Gasteiger partial charge on any atom is -0.377 e. The Hall–Kier alpha value is -2.55. The van der Waals surface area contributed by atoms with E-state index >= 15 is 0 Å². The van der Waals surface area contributed by atoms with Crippen LogP contribution in [-0.4, -0.2) is 52.1 Å². The van der Waals surface area contributed by atoms with E-state index in [0.717, 1.165) is 66.4 Å². The van der Waals surface area contributed by atoms with Crippen molar-refractivity contribution < 1.29 is 4.74 Å². The van der Waals surface area contributed by atoms with Crippen LogP contribution in [0.15, 0.2) is 30.6 Å². The number of rotatable bonds is 3. The number of hydrogen-bond donors (Lipinski definition) is 2. The van der Waals surface area contributed by atoms with Gasteiger partial charge < -0.3 is 9.64 Å². The van der Waals surface area contributed by atoms with E-state index in [-0.39, 0.29) is 12.1 Å². The summed E-state index contributed by atoms with van der Waals surface area (Å²) in [7, 11) is 1.98. The van der Waals surface area contributed by atoms with Gasteiger partial charge in [-0.1, -0.05) is 0 Å². The van der Waals surface area contributed by atoms with Crippen molar-refractivity contribution in [3.05, 3.63) is 36.3 Å². The third-order valence-electron chi connectivity index (χ3n) is 5.67. The third kappa shape index (κ3) is 2.94. The van der Waals surface area contributed by atoms with Gasteiger partial charge in [0.15, 0.2) is 0 Å². The zero-order valence-corrected chi connectivity index (χ0v) is 16.2. The van der Waals surface area contributed by atoms with E-state index in [4.69, 9.17) is 14.7 Å². The Kier molecular flexibility index (Phi) is 4.46. The predicted molar refractivity (Wildman–Crippen MR) is 108 cm³/mol. The molecule has 2 atom stereocenters. The molecule has 0 radical (unpaired) electrons. The van der Waals surface area contributed by atoms with Gasteiger partial charge in [0.05, 0.1) is 42.2 Å². The van der Waals surface area contributed by atoms with Crippen LogP contribution in [0.1, 0.15) is 25.1 Å². The second-order valence-corrected chi connectivity index (χ2v) is 7.49. The van der Waals surface area contributed by atoms with Crippen LogP contribution in [0.25, 0.3) is 22.2 Å². The molecule has 3 aromatic rings. The Labute approximate surface area is 163 Å².